The molecule has 164 valence electrons. The van der Waals surface area contributed by atoms with Crippen molar-refractivity contribution in [3.63, 3.8) is 0 Å². The van der Waals surface area contributed by atoms with Gasteiger partial charge >= 0.3 is 0 Å². The van der Waals surface area contributed by atoms with Gasteiger partial charge in [0.1, 0.15) is 18.4 Å². The standard InChI is InChI=1S/C23H32N2O4S/c1-7-21(25(30(6,27)28)20-13-17(3)12-18(4)14-20)23(26)24-10-11-29-22-15-16(2)8-9-19(22)5/h8-9,12-15,21H,7,10-11H2,1-6H3,(H,24,26)/t21-/m1/s1. The van der Waals surface area contributed by atoms with Gasteiger partial charge in [-0.25, -0.2) is 8.42 Å². The fourth-order valence-corrected chi connectivity index (χ4v) is 4.65. The summed E-state index contributed by atoms with van der Waals surface area (Å²) in [5.74, 6) is 0.441. The Hall–Kier alpha value is -2.54. The zero-order chi connectivity index (χ0) is 22.5. The van der Waals surface area contributed by atoms with Gasteiger partial charge in [0.05, 0.1) is 18.5 Å². The summed E-state index contributed by atoms with van der Waals surface area (Å²) in [5, 5.41) is 2.82. The van der Waals surface area contributed by atoms with E-state index in [0.717, 1.165) is 34.3 Å². The van der Waals surface area contributed by atoms with Gasteiger partial charge in [-0.05, 0) is 74.6 Å². The number of nitrogens with one attached hydrogen (secondary N) is 1. The summed E-state index contributed by atoms with van der Waals surface area (Å²) < 4.78 is 32.1. The van der Waals surface area contributed by atoms with Gasteiger partial charge in [-0.15, -0.1) is 0 Å². The van der Waals surface area contributed by atoms with Crippen LogP contribution < -0.4 is 14.4 Å². The van der Waals surface area contributed by atoms with Crippen LogP contribution in [0.5, 0.6) is 5.75 Å². The summed E-state index contributed by atoms with van der Waals surface area (Å²) in [7, 11) is -3.65. The highest BCUT2D eigenvalue weighted by Crippen LogP contribution is 2.25. The quantitative estimate of drug-likeness (QED) is 0.614. The summed E-state index contributed by atoms with van der Waals surface area (Å²) in [6.45, 7) is 10.2. The lowest BCUT2D eigenvalue weighted by atomic mass is 10.1. The summed E-state index contributed by atoms with van der Waals surface area (Å²) in [4.78, 5) is 12.9. The maximum atomic E-state index is 12.9. The summed E-state index contributed by atoms with van der Waals surface area (Å²) in [6, 6.07) is 10.7. The van der Waals surface area contributed by atoms with Crippen molar-refractivity contribution in [1.29, 1.82) is 0 Å². The molecule has 0 saturated carbocycles. The number of carbonyl (C=O) groups is 1. The Kier molecular flexibility index (Phi) is 7.89. The number of hydrogen-bond donors (Lipinski definition) is 1. The highest BCUT2D eigenvalue weighted by molar-refractivity contribution is 7.92. The number of carbonyl (C=O) groups excluding carboxylic acids is 1. The van der Waals surface area contributed by atoms with E-state index in [1.165, 1.54) is 4.31 Å². The van der Waals surface area contributed by atoms with Crippen LogP contribution >= 0.6 is 0 Å². The van der Waals surface area contributed by atoms with Crippen LogP contribution in [0.3, 0.4) is 0 Å². The highest BCUT2D eigenvalue weighted by atomic mass is 32.2. The third-order valence-corrected chi connectivity index (χ3v) is 5.97. The highest BCUT2D eigenvalue weighted by Gasteiger charge is 2.31. The molecule has 30 heavy (non-hydrogen) atoms. The molecule has 0 saturated heterocycles. The molecular formula is C23H32N2O4S. The molecule has 0 aliphatic heterocycles. The lowest BCUT2D eigenvalue weighted by Crippen LogP contribution is -2.50. The number of nitrogens with zero attached hydrogens (tertiary/aromatic N) is 1. The van der Waals surface area contributed by atoms with Gasteiger partial charge in [-0.3, -0.25) is 9.10 Å². The Morgan fingerprint density at radius 2 is 1.67 bits per heavy atom. The normalized spacial score (nSPS) is 12.3. The molecule has 1 N–H and O–H groups in total. The number of anilines is 1. The molecule has 0 radical (unpaired) electrons. The van der Waals surface area contributed by atoms with Crippen LogP contribution in [0.2, 0.25) is 0 Å². The predicted octanol–water partition coefficient (Wildman–Crippen LogP) is 3.66. The van der Waals surface area contributed by atoms with E-state index in [9.17, 15) is 13.2 Å². The van der Waals surface area contributed by atoms with Crippen LogP contribution in [-0.2, 0) is 14.8 Å². The van der Waals surface area contributed by atoms with Gasteiger partial charge in [0, 0.05) is 0 Å². The third kappa shape index (κ3) is 6.23. The SMILES string of the molecule is CC[C@H](C(=O)NCCOc1cc(C)ccc1C)N(c1cc(C)cc(C)c1)S(C)(=O)=O. The van der Waals surface area contributed by atoms with Crippen molar-refractivity contribution in [3.05, 3.63) is 58.7 Å². The number of benzene rings is 2. The van der Waals surface area contributed by atoms with Crippen LogP contribution in [0.15, 0.2) is 36.4 Å². The van der Waals surface area contributed by atoms with Crippen LogP contribution in [0, 0.1) is 27.7 Å². The van der Waals surface area contributed by atoms with E-state index in [2.05, 4.69) is 5.32 Å². The van der Waals surface area contributed by atoms with E-state index in [0.29, 0.717) is 18.7 Å². The van der Waals surface area contributed by atoms with Gasteiger partial charge in [0.25, 0.3) is 0 Å². The van der Waals surface area contributed by atoms with Crippen LogP contribution in [0.1, 0.15) is 35.6 Å². The average molecular weight is 433 g/mol. The van der Waals surface area contributed by atoms with Crippen LogP contribution in [0.25, 0.3) is 0 Å². The van der Waals surface area contributed by atoms with Crippen molar-refractivity contribution in [2.75, 3.05) is 23.7 Å². The summed E-state index contributed by atoms with van der Waals surface area (Å²) in [6.07, 6.45) is 1.48. The molecule has 0 aromatic heterocycles. The largest absolute Gasteiger partial charge is 0.491 e. The first-order valence-corrected chi connectivity index (χ1v) is 11.9. The van der Waals surface area contributed by atoms with E-state index in [1.54, 1.807) is 19.1 Å². The first-order valence-electron chi connectivity index (χ1n) is 10.1. The molecule has 2 aromatic rings. The number of ether oxygens (including phenoxy) is 1. The molecule has 0 aliphatic rings. The molecule has 2 rings (SSSR count). The van der Waals surface area contributed by atoms with E-state index >= 15 is 0 Å². The van der Waals surface area contributed by atoms with Crippen molar-refractivity contribution < 1.29 is 17.9 Å². The molecule has 0 bridgehead atoms. The topological polar surface area (TPSA) is 75.7 Å². The Labute approximate surface area is 180 Å². The fraction of sp³-hybridized carbons (Fsp3) is 0.435. The lowest BCUT2D eigenvalue weighted by Gasteiger charge is -2.30. The molecule has 0 aliphatic carbocycles. The number of amides is 1. The second-order valence-electron chi connectivity index (χ2n) is 7.74. The number of aryl methyl sites for hydroxylation is 4. The van der Waals surface area contributed by atoms with E-state index in [-0.39, 0.29) is 12.5 Å². The first kappa shape index (κ1) is 23.7. The molecule has 2 aromatic carbocycles. The van der Waals surface area contributed by atoms with Crippen molar-refractivity contribution in [2.24, 2.45) is 0 Å². The Bertz CT molecular complexity index is 982. The second kappa shape index (κ2) is 9.98. The molecule has 1 atom stereocenters. The third-order valence-electron chi connectivity index (χ3n) is 4.79. The minimum Gasteiger partial charge on any atom is -0.491 e. The Morgan fingerprint density at radius 1 is 1.03 bits per heavy atom. The summed E-state index contributed by atoms with van der Waals surface area (Å²) in [5.41, 5.74) is 4.51. The van der Waals surface area contributed by atoms with Crippen LogP contribution in [0.4, 0.5) is 5.69 Å². The minimum atomic E-state index is -3.65. The van der Waals surface area contributed by atoms with Crippen molar-refractivity contribution in [2.45, 2.75) is 47.1 Å². The molecule has 0 unspecified atom stereocenters. The zero-order valence-electron chi connectivity index (χ0n) is 18.7. The summed E-state index contributed by atoms with van der Waals surface area (Å²) >= 11 is 0. The van der Waals surface area contributed by atoms with E-state index < -0.39 is 16.1 Å². The maximum Gasteiger partial charge on any atom is 0.244 e. The van der Waals surface area contributed by atoms with E-state index in [4.69, 9.17) is 4.74 Å². The van der Waals surface area contributed by atoms with Gasteiger partial charge in [-0.2, -0.15) is 0 Å². The molecule has 0 fully saturated rings. The molecule has 7 heteroatoms. The minimum absolute atomic E-state index is 0.285. The van der Waals surface area contributed by atoms with Gasteiger partial charge < -0.3 is 10.1 Å². The van der Waals surface area contributed by atoms with Crippen LogP contribution in [-0.4, -0.2) is 39.8 Å². The smallest absolute Gasteiger partial charge is 0.244 e. The lowest BCUT2D eigenvalue weighted by molar-refractivity contribution is -0.122. The Morgan fingerprint density at radius 3 is 2.23 bits per heavy atom. The predicted molar refractivity (Wildman–Crippen MR) is 122 cm³/mol. The second-order valence-corrected chi connectivity index (χ2v) is 9.60. The zero-order valence-corrected chi connectivity index (χ0v) is 19.5. The Balaban J connectivity index is 2.11. The fourth-order valence-electron chi connectivity index (χ4n) is 3.45. The first-order chi connectivity index (χ1) is 14.0. The van der Waals surface area contributed by atoms with Gasteiger partial charge in [0.15, 0.2) is 0 Å². The number of rotatable bonds is 9. The molecule has 1 amide bonds. The average Bonchev–Trinajstić information content (AvgIpc) is 2.63. The van der Waals surface area contributed by atoms with Gasteiger partial charge in [0.2, 0.25) is 15.9 Å². The molecule has 6 nitrogen and oxygen atoms in total. The maximum absolute atomic E-state index is 12.9. The molecular weight excluding hydrogens is 400 g/mol. The van der Waals surface area contributed by atoms with E-state index in [1.807, 2.05) is 52.0 Å². The van der Waals surface area contributed by atoms with Crippen molar-refractivity contribution in [3.8, 4) is 5.75 Å². The molecule has 0 spiro atoms. The molecule has 0 heterocycles. The number of sulfonamides is 1. The van der Waals surface area contributed by atoms with Crippen molar-refractivity contribution in [1.82, 2.24) is 5.32 Å². The number of hydrogen-bond acceptors (Lipinski definition) is 4. The van der Waals surface area contributed by atoms with Crippen molar-refractivity contribution >= 4 is 21.6 Å². The van der Waals surface area contributed by atoms with Gasteiger partial charge in [-0.1, -0.05) is 25.1 Å². The monoisotopic (exact) mass is 432 g/mol.